The first-order valence-corrected chi connectivity index (χ1v) is 7.14. The Morgan fingerprint density at radius 3 is 2.71 bits per heavy atom. The molecule has 0 spiro atoms. The molecule has 100 valence electrons. The summed E-state index contributed by atoms with van der Waals surface area (Å²) in [6.45, 7) is 9.57. The van der Waals surface area contributed by atoms with Gasteiger partial charge in [0.05, 0.1) is 6.61 Å². The highest BCUT2D eigenvalue weighted by atomic mass is 16.5. The summed E-state index contributed by atoms with van der Waals surface area (Å²) in [6, 6.07) is 0. The first-order chi connectivity index (χ1) is 8.22. The zero-order valence-electron chi connectivity index (χ0n) is 11.5. The summed E-state index contributed by atoms with van der Waals surface area (Å²) in [6.07, 6.45) is 5.36. The molecule has 0 radical (unpaired) electrons. The van der Waals surface area contributed by atoms with Gasteiger partial charge in [-0.25, -0.2) is 0 Å². The molecule has 1 atom stereocenters. The van der Waals surface area contributed by atoms with E-state index < -0.39 is 0 Å². The fourth-order valence-electron chi connectivity index (χ4n) is 3.21. The van der Waals surface area contributed by atoms with Crippen LogP contribution < -0.4 is 5.32 Å². The van der Waals surface area contributed by atoms with Crippen LogP contribution in [0.1, 0.15) is 32.6 Å². The second kappa shape index (κ2) is 6.17. The minimum absolute atomic E-state index is 0.427. The van der Waals surface area contributed by atoms with Gasteiger partial charge in [0.15, 0.2) is 0 Å². The molecular weight excluding hydrogens is 212 g/mol. The number of likely N-dealkylation sites (tertiary alicyclic amines) is 1. The summed E-state index contributed by atoms with van der Waals surface area (Å²) in [5.74, 6) is 0.885. The van der Waals surface area contributed by atoms with E-state index in [4.69, 9.17) is 4.74 Å². The van der Waals surface area contributed by atoms with Crippen molar-refractivity contribution in [2.45, 2.75) is 32.6 Å². The molecular formula is C14H28N2O. The lowest BCUT2D eigenvalue weighted by molar-refractivity contribution is 0.0289. The van der Waals surface area contributed by atoms with Gasteiger partial charge in [-0.15, -0.1) is 0 Å². The molecule has 0 aromatic heterocycles. The molecule has 2 rings (SSSR count). The average molecular weight is 240 g/mol. The molecule has 17 heavy (non-hydrogen) atoms. The highest BCUT2D eigenvalue weighted by Gasteiger charge is 2.30. The van der Waals surface area contributed by atoms with E-state index in [2.05, 4.69) is 17.1 Å². The normalized spacial score (nSPS) is 30.4. The maximum atomic E-state index is 5.34. The second-order valence-electron chi connectivity index (χ2n) is 6.26. The minimum Gasteiger partial charge on any atom is -0.384 e. The second-order valence-corrected chi connectivity index (χ2v) is 6.26. The molecule has 1 unspecified atom stereocenters. The van der Waals surface area contributed by atoms with E-state index in [-0.39, 0.29) is 0 Å². The largest absolute Gasteiger partial charge is 0.384 e. The summed E-state index contributed by atoms with van der Waals surface area (Å²) in [5, 5.41) is 3.51. The molecule has 3 nitrogen and oxygen atoms in total. The summed E-state index contributed by atoms with van der Waals surface area (Å²) in [7, 11) is 1.82. The minimum atomic E-state index is 0.427. The van der Waals surface area contributed by atoms with Crippen molar-refractivity contribution in [2.24, 2.45) is 11.3 Å². The van der Waals surface area contributed by atoms with E-state index in [1.807, 2.05) is 7.11 Å². The highest BCUT2D eigenvalue weighted by Crippen LogP contribution is 2.31. The highest BCUT2D eigenvalue weighted by molar-refractivity contribution is 4.83. The van der Waals surface area contributed by atoms with Gasteiger partial charge in [-0.3, -0.25) is 0 Å². The first kappa shape index (κ1) is 13.3. The summed E-state index contributed by atoms with van der Waals surface area (Å²) < 4.78 is 5.34. The zero-order valence-corrected chi connectivity index (χ0v) is 11.5. The maximum absolute atomic E-state index is 5.34. The van der Waals surface area contributed by atoms with Gasteiger partial charge in [0.2, 0.25) is 0 Å². The van der Waals surface area contributed by atoms with E-state index in [9.17, 15) is 0 Å². The molecule has 0 amide bonds. The average Bonchev–Trinajstić information content (AvgIpc) is 2.34. The quantitative estimate of drug-likeness (QED) is 0.810. The van der Waals surface area contributed by atoms with Crippen LogP contribution in [0.2, 0.25) is 0 Å². The van der Waals surface area contributed by atoms with E-state index in [1.54, 1.807) is 0 Å². The van der Waals surface area contributed by atoms with Crippen molar-refractivity contribution in [3.05, 3.63) is 0 Å². The van der Waals surface area contributed by atoms with E-state index in [1.165, 1.54) is 58.4 Å². The van der Waals surface area contributed by atoms with Crippen molar-refractivity contribution in [1.82, 2.24) is 10.2 Å². The van der Waals surface area contributed by atoms with Crippen LogP contribution in [0, 0.1) is 11.3 Å². The predicted molar refractivity (Wildman–Crippen MR) is 71.3 cm³/mol. The third-order valence-corrected chi connectivity index (χ3v) is 4.47. The van der Waals surface area contributed by atoms with Gasteiger partial charge < -0.3 is 15.0 Å². The molecule has 1 N–H and O–H groups in total. The molecule has 0 aromatic carbocycles. The Hall–Kier alpha value is -0.120. The van der Waals surface area contributed by atoms with Crippen LogP contribution >= 0.6 is 0 Å². The third kappa shape index (κ3) is 3.94. The van der Waals surface area contributed by atoms with Gasteiger partial charge in [-0.2, -0.15) is 0 Å². The number of hydrogen-bond acceptors (Lipinski definition) is 3. The van der Waals surface area contributed by atoms with Gasteiger partial charge in [-0.05, 0) is 63.2 Å². The number of rotatable bonds is 4. The van der Waals surface area contributed by atoms with Crippen LogP contribution in [0.5, 0.6) is 0 Å². The monoisotopic (exact) mass is 240 g/mol. The lowest BCUT2D eigenvalue weighted by Crippen LogP contribution is -2.45. The molecule has 0 aromatic rings. The third-order valence-electron chi connectivity index (χ3n) is 4.47. The molecule has 3 heteroatoms. The first-order valence-electron chi connectivity index (χ1n) is 7.14. The van der Waals surface area contributed by atoms with Crippen molar-refractivity contribution in [3.63, 3.8) is 0 Å². The SMILES string of the molecule is COCC1(C)CCN(CC2CCCNC2)CC1. The van der Waals surface area contributed by atoms with Crippen LogP contribution in [0.15, 0.2) is 0 Å². The summed E-state index contributed by atoms with van der Waals surface area (Å²) >= 11 is 0. The summed E-state index contributed by atoms with van der Waals surface area (Å²) in [5.41, 5.74) is 0.427. The number of nitrogens with one attached hydrogen (secondary N) is 1. The Morgan fingerprint density at radius 2 is 2.12 bits per heavy atom. The maximum Gasteiger partial charge on any atom is 0.0516 e. The summed E-state index contributed by atoms with van der Waals surface area (Å²) in [4.78, 5) is 2.66. The molecule has 2 saturated heterocycles. The predicted octanol–water partition coefficient (Wildman–Crippen LogP) is 1.73. The lowest BCUT2D eigenvalue weighted by Gasteiger charge is -2.40. The number of methoxy groups -OCH3 is 1. The lowest BCUT2D eigenvalue weighted by atomic mass is 9.81. The molecule has 0 saturated carbocycles. The number of piperidine rings is 2. The van der Waals surface area contributed by atoms with Crippen LogP contribution in [0.3, 0.4) is 0 Å². The molecule has 0 aliphatic carbocycles. The molecule has 2 fully saturated rings. The van der Waals surface area contributed by atoms with E-state index in [0.29, 0.717) is 5.41 Å². The van der Waals surface area contributed by atoms with Crippen LogP contribution in [0.25, 0.3) is 0 Å². The van der Waals surface area contributed by atoms with E-state index in [0.717, 1.165) is 12.5 Å². The van der Waals surface area contributed by atoms with Gasteiger partial charge in [-0.1, -0.05) is 6.92 Å². The standard InChI is InChI=1S/C14H28N2O/c1-14(12-17-2)5-8-16(9-6-14)11-13-4-3-7-15-10-13/h13,15H,3-12H2,1-2H3. The van der Waals surface area contributed by atoms with Crippen molar-refractivity contribution in [2.75, 3.05) is 46.4 Å². The molecule has 0 bridgehead atoms. The van der Waals surface area contributed by atoms with Crippen LogP contribution in [-0.4, -0.2) is 51.3 Å². The van der Waals surface area contributed by atoms with Crippen molar-refractivity contribution < 1.29 is 4.74 Å². The van der Waals surface area contributed by atoms with Gasteiger partial charge in [0, 0.05) is 13.7 Å². The number of nitrogens with zero attached hydrogens (tertiary/aromatic N) is 1. The van der Waals surface area contributed by atoms with Crippen molar-refractivity contribution >= 4 is 0 Å². The smallest absolute Gasteiger partial charge is 0.0516 e. The van der Waals surface area contributed by atoms with Gasteiger partial charge in [0.25, 0.3) is 0 Å². The topological polar surface area (TPSA) is 24.5 Å². The van der Waals surface area contributed by atoms with Crippen molar-refractivity contribution in [3.8, 4) is 0 Å². The van der Waals surface area contributed by atoms with Crippen molar-refractivity contribution in [1.29, 1.82) is 0 Å². The van der Waals surface area contributed by atoms with E-state index >= 15 is 0 Å². The van der Waals surface area contributed by atoms with Gasteiger partial charge >= 0.3 is 0 Å². The Balaban J connectivity index is 1.71. The van der Waals surface area contributed by atoms with Crippen LogP contribution in [0.4, 0.5) is 0 Å². The molecule has 2 aliphatic heterocycles. The fourth-order valence-corrected chi connectivity index (χ4v) is 3.21. The fraction of sp³-hybridized carbons (Fsp3) is 1.00. The Kier molecular flexibility index (Phi) is 4.83. The molecule has 2 aliphatic rings. The van der Waals surface area contributed by atoms with Gasteiger partial charge in [0.1, 0.15) is 0 Å². The zero-order chi connectivity index (χ0) is 12.1. The number of ether oxygens (including phenoxy) is 1. The molecule has 2 heterocycles. The Labute approximate surface area is 106 Å². The number of hydrogen-bond donors (Lipinski definition) is 1. The van der Waals surface area contributed by atoms with Crippen LogP contribution in [-0.2, 0) is 4.74 Å². The Morgan fingerprint density at radius 1 is 1.35 bits per heavy atom. The Bertz CT molecular complexity index is 218.